The van der Waals surface area contributed by atoms with E-state index in [2.05, 4.69) is 0 Å². The number of benzene rings is 1. The van der Waals surface area contributed by atoms with E-state index >= 15 is 0 Å². The van der Waals surface area contributed by atoms with Crippen LogP contribution in [0.15, 0.2) is 18.2 Å². The summed E-state index contributed by atoms with van der Waals surface area (Å²) in [7, 11) is 0. The van der Waals surface area contributed by atoms with Crippen molar-refractivity contribution in [3.05, 3.63) is 28.8 Å². The highest BCUT2D eigenvalue weighted by molar-refractivity contribution is 6.31. The highest BCUT2D eigenvalue weighted by Crippen LogP contribution is 2.31. The van der Waals surface area contributed by atoms with E-state index in [1.807, 2.05) is 0 Å². The van der Waals surface area contributed by atoms with E-state index in [9.17, 15) is 9.59 Å². The van der Waals surface area contributed by atoms with Gasteiger partial charge in [-0.15, -0.1) is 0 Å². The molecule has 0 saturated carbocycles. The first kappa shape index (κ1) is 11.9. The molecule has 90 valence electrons. The van der Waals surface area contributed by atoms with E-state index in [-0.39, 0.29) is 18.9 Å². The van der Waals surface area contributed by atoms with Crippen LogP contribution in [0.3, 0.4) is 0 Å². The Balaban J connectivity index is 2.28. The number of carbonyl (C=O) groups is 2. The van der Waals surface area contributed by atoms with Gasteiger partial charge < -0.3 is 15.7 Å². The summed E-state index contributed by atoms with van der Waals surface area (Å²) in [5.41, 5.74) is 6.92. The molecular formula is C11H11ClN2O3. The molecule has 0 radical (unpaired) electrons. The van der Waals surface area contributed by atoms with Gasteiger partial charge in [-0.25, -0.2) is 0 Å². The molecule has 2 rings (SSSR count). The second-order valence-electron chi connectivity index (χ2n) is 3.90. The topological polar surface area (TPSA) is 83.6 Å². The molecular weight excluding hydrogens is 244 g/mol. The number of halogens is 1. The maximum Gasteiger partial charge on any atom is 0.322 e. The van der Waals surface area contributed by atoms with Crippen LogP contribution in [0.2, 0.25) is 5.02 Å². The van der Waals surface area contributed by atoms with Gasteiger partial charge in [-0.1, -0.05) is 17.7 Å². The molecule has 1 aliphatic rings. The molecule has 1 amide bonds. The minimum atomic E-state index is -1.13. The van der Waals surface area contributed by atoms with E-state index in [1.165, 1.54) is 4.90 Å². The third kappa shape index (κ3) is 2.25. The molecule has 0 aliphatic carbocycles. The maximum absolute atomic E-state index is 11.7. The highest BCUT2D eigenvalue weighted by Gasteiger charge is 2.30. The van der Waals surface area contributed by atoms with Gasteiger partial charge in [0.15, 0.2) is 0 Å². The summed E-state index contributed by atoms with van der Waals surface area (Å²) in [4.78, 5) is 23.8. The first-order valence-electron chi connectivity index (χ1n) is 5.06. The molecule has 1 atom stereocenters. The van der Waals surface area contributed by atoms with Gasteiger partial charge in [0.2, 0.25) is 5.91 Å². The Kier molecular flexibility index (Phi) is 3.04. The van der Waals surface area contributed by atoms with Crippen molar-refractivity contribution < 1.29 is 14.7 Å². The Morgan fingerprint density at radius 2 is 2.29 bits per heavy atom. The van der Waals surface area contributed by atoms with Crippen LogP contribution < -0.4 is 10.6 Å². The minimum Gasteiger partial charge on any atom is -0.480 e. The van der Waals surface area contributed by atoms with E-state index in [0.717, 1.165) is 5.56 Å². The summed E-state index contributed by atoms with van der Waals surface area (Å²) in [5, 5.41) is 9.25. The van der Waals surface area contributed by atoms with E-state index in [0.29, 0.717) is 10.7 Å². The first-order chi connectivity index (χ1) is 7.99. The largest absolute Gasteiger partial charge is 0.480 e. The fourth-order valence-corrected chi connectivity index (χ4v) is 1.97. The van der Waals surface area contributed by atoms with Crippen molar-refractivity contribution in [3.63, 3.8) is 0 Å². The van der Waals surface area contributed by atoms with Crippen molar-refractivity contribution in [3.8, 4) is 0 Å². The lowest BCUT2D eigenvalue weighted by molar-refractivity contribution is -0.138. The summed E-state index contributed by atoms with van der Waals surface area (Å²) in [6, 6.07) is 4.02. The van der Waals surface area contributed by atoms with Crippen molar-refractivity contribution in [1.29, 1.82) is 0 Å². The standard InChI is InChI=1S/C11H11ClN2O3/c12-7-2-1-6-3-10(15)14(9(6)4-7)5-8(13)11(16)17/h1-2,4,8H,3,5,13H2,(H,16,17). The molecule has 1 aromatic rings. The van der Waals surface area contributed by atoms with Crippen LogP contribution in [-0.2, 0) is 16.0 Å². The SMILES string of the molecule is NC(CN1C(=O)Cc2ccc(Cl)cc21)C(=O)O. The molecule has 0 spiro atoms. The molecule has 1 heterocycles. The molecule has 3 N–H and O–H groups in total. The summed E-state index contributed by atoms with van der Waals surface area (Å²) < 4.78 is 0. The van der Waals surface area contributed by atoms with Gasteiger partial charge in [-0.3, -0.25) is 9.59 Å². The van der Waals surface area contributed by atoms with Crippen LogP contribution >= 0.6 is 11.6 Å². The van der Waals surface area contributed by atoms with Gasteiger partial charge in [0, 0.05) is 10.7 Å². The number of aliphatic carboxylic acids is 1. The van der Waals surface area contributed by atoms with Crippen LogP contribution in [-0.4, -0.2) is 29.6 Å². The molecule has 0 saturated heterocycles. The average molecular weight is 255 g/mol. The molecule has 1 unspecified atom stereocenters. The number of fused-ring (bicyclic) bond motifs is 1. The van der Waals surface area contributed by atoms with Crippen LogP contribution in [0, 0.1) is 0 Å². The zero-order chi connectivity index (χ0) is 12.6. The third-order valence-corrected chi connectivity index (χ3v) is 2.91. The van der Waals surface area contributed by atoms with E-state index in [4.69, 9.17) is 22.4 Å². The summed E-state index contributed by atoms with van der Waals surface area (Å²) in [6.07, 6.45) is 0.263. The first-order valence-corrected chi connectivity index (χ1v) is 5.44. The van der Waals surface area contributed by atoms with Crippen LogP contribution in [0.5, 0.6) is 0 Å². The minimum absolute atomic E-state index is 0.0402. The quantitative estimate of drug-likeness (QED) is 0.829. The normalized spacial score (nSPS) is 15.9. The zero-order valence-corrected chi connectivity index (χ0v) is 9.65. The number of hydrogen-bond donors (Lipinski definition) is 2. The smallest absolute Gasteiger partial charge is 0.322 e. The van der Waals surface area contributed by atoms with E-state index in [1.54, 1.807) is 18.2 Å². The van der Waals surface area contributed by atoms with Crippen LogP contribution in [0.25, 0.3) is 0 Å². The summed E-state index contributed by atoms with van der Waals surface area (Å²) in [6.45, 7) is -0.0402. The van der Waals surface area contributed by atoms with Gasteiger partial charge >= 0.3 is 5.97 Å². The molecule has 17 heavy (non-hydrogen) atoms. The molecule has 0 bridgehead atoms. The number of hydrogen-bond acceptors (Lipinski definition) is 3. The lowest BCUT2D eigenvalue weighted by atomic mass is 10.2. The highest BCUT2D eigenvalue weighted by atomic mass is 35.5. The predicted molar refractivity (Wildman–Crippen MR) is 63.1 cm³/mol. The second-order valence-corrected chi connectivity index (χ2v) is 4.34. The Morgan fingerprint density at radius 3 is 2.94 bits per heavy atom. The van der Waals surface area contributed by atoms with Gasteiger partial charge in [0.25, 0.3) is 0 Å². The average Bonchev–Trinajstić information content (AvgIpc) is 2.55. The number of anilines is 1. The number of carbonyl (C=O) groups excluding carboxylic acids is 1. The Hall–Kier alpha value is -1.59. The monoisotopic (exact) mass is 254 g/mol. The Bertz CT molecular complexity index is 490. The molecule has 1 aromatic carbocycles. The fourth-order valence-electron chi connectivity index (χ4n) is 1.81. The van der Waals surface area contributed by atoms with E-state index < -0.39 is 12.0 Å². The second kappa shape index (κ2) is 4.35. The molecule has 0 fully saturated rings. The van der Waals surface area contributed by atoms with Gasteiger partial charge in [0.1, 0.15) is 6.04 Å². The third-order valence-electron chi connectivity index (χ3n) is 2.68. The number of rotatable bonds is 3. The van der Waals surface area contributed by atoms with Crippen molar-refractivity contribution in [2.45, 2.75) is 12.5 Å². The molecule has 6 heteroatoms. The van der Waals surface area contributed by atoms with Crippen molar-refractivity contribution in [2.24, 2.45) is 5.73 Å². The number of carboxylic acids is 1. The Labute approximate surface area is 103 Å². The molecule has 1 aliphatic heterocycles. The lowest BCUT2D eigenvalue weighted by Crippen LogP contribution is -2.44. The van der Waals surface area contributed by atoms with Crippen LogP contribution in [0.1, 0.15) is 5.56 Å². The van der Waals surface area contributed by atoms with Crippen molar-refractivity contribution >= 4 is 29.2 Å². The van der Waals surface area contributed by atoms with Crippen molar-refractivity contribution in [2.75, 3.05) is 11.4 Å². The predicted octanol–water partition coefficient (Wildman–Crippen LogP) is 0.641. The van der Waals surface area contributed by atoms with Gasteiger partial charge in [0.05, 0.1) is 13.0 Å². The molecule has 5 nitrogen and oxygen atoms in total. The van der Waals surface area contributed by atoms with Gasteiger partial charge in [-0.2, -0.15) is 0 Å². The summed E-state index contributed by atoms with van der Waals surface area (Å²) >= 11 is 5.85. The number of carboxylic acid groups (broad SMARTS) is 1. The number of nitrogens with zero attached hydrogens (tertiary/aromatic N) is 1. The van der Waals surface area contributed by atoms with Crippen molar-refractivity contribution in [1.82, 2.24) is 0 Å². The molecule has 0 aromatic heterocycles. The van der Waals surface area contributed by atoms with Crippen LogP contribution in [0.4, 0.5) is 5.69 Å². The number of nitrogens with two attached hydrogens (primary N) is 1. The Morgan fingerprint density at radius 1 is 1.59 bits per heavy atom. The maximum atomic E-state index is 11.7. The lowest BCUT2D eigenvalue weighted by Gasteiger charge is -2.19. The fraction of sp³-hybridized carbons (Fsp3) is 0.273. The zero-order valence-electron chi connectivity index (χ0n) is 8.89. The van der Waals surface area contributed by atoms with Gasteiger partial charge in [-0.05, 0) is 17.7 Å². The number of amides is 1. The summed E-state index contributed by atoms with van der Waals surface area (Å²) in [5.74, 6) is -1.28.